The monoisotopic (exact) mass is 351 g/mol. The summed E-state index contributed by atoms with van der Waals surface area (Å²) in [4.78, 5) is 47.4. The van der Waals surface area contributed by atoms with Crippen molar-refractivity contribution in [3.05, 3.63) is 68.3 Å². The van der Waals surface area contributed by atoms with Crippen LogP contribution in [0.4, 0.5) is 0 Å². The normalized spacial score (nSPS) is 13.7. The molecule has 0 bridgehead atoms. The molecule has 0 saturated heterocycles. The number of rotatable bonds is 1. The lowest BCUT2D eigenvalue weighted by molar-refractivity contribution is 0.0721. The van der Waals surface area contributed by atoms with Gasteiger partial charge in [-0.2, -0.15) is 0 Å². The van der Waals surface area contributed by atoms with Crippen molar-refractivity contribution in [2.24, 2.45) is 14.1 Å². The van der Waals surface area contributed by atoms with Crippen LogP contribution in [-0.2, 0) is 27.1 Å². The van der Waals surface area contributed by atoms with Crippen LogP contribution in [0, 0.1) is 0 Å². The molecule has 8 heteroatoms. The molecule has 8 nitrogen and oxygen atoms in total. The van der Waals surface area contributed by atoms with Gasteiger partial charge in [0.15, 0.2) is 5.65 Å². The molecule has 1 aliphatic heterocycles. The molecule has 0 fully saturated rings. The maximum atomic E-state index is 12.9. The van der Waals surface area contributed by atoms with Crippen molar-refractivity contribution in [1.82, 2.24) is 24.0 Å². The highest BCUT2D eigenvalue weighted by Crippen LogP contribution is 2.22. The number of pyridine rings is 2. The number of nitrogens with zero attached hydrogens (tertiary/aromatic N) is 5. The Balaban J connectivity index is 1.71. The molecule has 4 rings (SSSR count). The van der Waals surface area contributed by atoms with Gasteiger partial charge < -0.3 is 4.90 Å². The van der Waals surface area contributed by atoms with Crippen LogP contribution in [0.2, 0.25) is 0 Å². The SMILES string of the molecule is Cn1c(C(=O)N2CCc3nc4ncccc4cc3C2)cc(=O)n(C)c1=O. The number of carbonyl (C=O) groups excluding carboxylic acids is 1. The van der Waals surface area contributed by atoms with Crippen LogP contribution < -0.4 is 11.2 Å². The number of carbonyl (C=O) groups is 1. The van der Waals surface area contributed by atoms with E-state index in [0.717, 1.165) is 21.2 Å². The van der Waals surface area contributed by atoms with Crippen LogP contribution in [0.15, 0.2) is 40.1 Å². The number of hydrogen-bond acceptors (Lipinski definition) is 5. The Kier molecular flexibility index (Phi) is 3.68. The second kappa shape index (κ2) is 5.91. The Bertz CT molecular complexity index is 1160. The lowest BCUT2D eigenvalue weighted by Crippen LogP contribution is -2.43. The molecule has 0 aliphatic carbocycles. The van der Waals surface area contributed by atoms with Crippen LogP contribution in [0.5, 0.6) is 0 Å². The lowest BCUT2D eigenvalue weighted by Gasteiger charge is -2.29. The average molecular weight is 351 g/mol. The molecule has 4 heterocycles. The second-order valence-corrected chi connectivity index (χ2v) is 6.39. The summed E-state index contributed by atoms with van der Waals surface area (Å²) in [6.45, 7) is 0.857. The predicted octanol–water partition coefficient (Wildman–Crippen LogP) is 0.226. The average Bonchev–Trinajstić information content (AvgIpc) is 2.66. The Hall–Kier alpha value is -3.29. The van der Waals surface area contributed by atoms with E-state index in [4.69, 9.17) is 0 Å². The quantitative estimate of drug-likeness (QED) is 0.626. The number of hydrogen-bond donors (Lipinski definition) is 0. The molecular formula is C18H17N5O3. The zero-order valence-electron chi connectivity index (χ0n) is 14.5. The van der Waals surface area contributed by atoms with Gasteiger partial charge in [-0.1, -0.05) is 0 Å². The minimum absolute atomic E-state index is 0.0944. The number of aromatic nitrogens is 4. The zero-order valence-corrected chi connectivity index (χ0v) is 14.5. The topological polar surface area (TPSA) is 90.1 Å². The third-order valence-corrected chi connectivity index (χ3v) is 4.77. The molecule has 0 radical (unpaired) electrons. The summed E-state index contributed by atoms with van der Waals surface area (Å²) in [5, 5.41) is 0.918. The lowest BCUT2D eigenvalue weighted by atomic mass is 10.0. The zero-order chi connectivity index (χ0) is 18.4. The van der Waals surface area contributed by atoms with Crippen LogP contribution in [0.3, 0.4) is 0 Å². The predicted molar refractivity (Wildman–Crippen MR) is 94.9 cm³/mol. The molecular weight excluding hydrogens is 334 g/mol. The van der Waals surface area contributed by atoms with Crippen molar-refractivity contribution in [1.29, 1.82) is 0 Å². The van der Waals surface area contributed by atoms with Gasteiger partial charge in [0.2, 0.25) is 0 Å². The Morgan fingerprint density at radius 2 is 1.96 bits per heavy atom. The van der Waals surface area contributed by atoms with E-state index in [-0.39, 0.29) is 11.6 Å². The van der Waals surface area contributed by atoms with Gasteiger partial charge in [-0.05, 0) is 23.8 Å². The van der Waals surface area contributed by atoms with Gasteiger partial charge in [0.05, 0.1) is 0 Å². The van der Waals surface area contributed by atoms with Crippen molar-refractivity contribution < 1.29 is 4.79 Å². The fourth-order valence-electron chi connectivity index (χ4n) is 3.24. The Morgan fingerprint density at radius 1 is 1.15 bits per heavy atom. The van der Waals surface area contributed by atoms with Gasteiger partial charge in [0.1, 0.15) is 5.69 Å². The molecule has 0 saturated carbocycles. The highest BCUT2D eigenvalue weighted by atomic mass is 16.2. The van der Waals surface area contributed by atoms with Crippen molar-refractivity contribution in [2.45, 2.75) is 13.0 Å². The van der Waals surface area contributed by atoms with Crippen LogP contribution >= 0.6 is 0 Å². The first-order valence-corrected chi connectivity index (χ1v) is 8.25. The van der Waals surface area contributed by atoms with Crippen LogP contribution in [-0.4, -0.2) is 36.5 Å². The first kappa shape index (κ1) is 16.2. The molecule has 0 unspecified atom stereocenters. The molecule has 3 aromatic heterocycles. The van der Waals surface area contributed by atoms with E-state index >= 15 is 0 Å². The summed E-state index contributed by atoms with van der Waals surface area (Å²) in [6.07, 6.45) is 2.31. The van der Waals surface area contributed by atoms with E-state index in [0.29, 0.717) is 25.2 Å². The summed E-state index contributed by atoms with van der Waals surface area (Å²) in [7, 11) is 2.88. The molecule has 0 aromatic carbocycles. The molecule has 1 amide bonds. The summed E-state index contributed by atoms with van der Waals surface area (Å²) in [5.74, 6) is -0.334. The van der Waals surface area contributed by atoms with Gasteiger partial charge in [0, 0.05) is 56.9 Å². The van der Waals surface area contributed by atoms with E-state index in [2.05, 4.69) is 9.97 Å². The van der Waals surface area contributed by atoms with E-state index in [1.807, 2.05) is 18.2 Å². The standard InChI is InChI=1S/C18H17N5O3/c1-21-14(9-15(24)22(2)18(21)26)17(25)23-7-5-13-12(10-23)8-11-4-3-6-19-16(11)20-13/h3-4,6,8-9H,5,7,10H2,1-2H3. The molecule has 132 valence electrons. The number of amides is 1. The highest BCUT2D eigenvalue weighted by Gasteiger charge is 2.25. The first-order valence-electron chi connectivity index (χ1n) is 8.25. The van der Waals surface area contributed by atoms with Crippen molar-refractivity contribution in [3.8, 4) is 0 Å². The van der Waals surface area contributed by atoms with Crippen LogP contribution in [0.1, 0.15) is 21.7 Å². The third-order valence-electron chi connectivity index (χ3n) is 4.77. The minimum atomic E-state index is -0.517. The van der Waals surface area contributed by atoms with Gasteiger partial charge in [-0.15, -0.1) is 0 Å². The smallest absolute Gasteiger partial charge is 0.331 e. The van der Waals surface area contributed by atoms with Gasteiger partial charge in [-0.25, -0.2) is 14.8 Å². The van der Waals surface area contributed by atoms with Crippen molar-refractivity contribution in [2.75, 3.05) is 6.54 Å². The largest absolute Gasteiger partial charge is 0.333 e. The Morgan fingerprint density at radius 3 is 2.77 bits per heavy atom. The summed E-state index contributed by atoms with van der Waals surface area (Å²) in [6, 6.07) is 6.98. The minimum Gasteiger partial charge on any atom is -0.333 e. The van der Waals surface area contributed by atoms with Crippen molar-refractivity contribution in [3.63, 3.8) is 0 Å². The summed E-state index contributed by atoms with van der Waals surface area (Å²) >= 11 is 0. The molecule has 3 aromatic rings. The molecule has 0 spiro atoms. The Labute approximate surface area is 148 Å². The fraction of sp³-hybridized carbons (Fsp3) is 0.278. The first-order chi connectivity index (χ1) is 12.5. The maximum absolute atomic E-state index is 12.9. The van der Waals surface area contributed by atoms with E-state index in [1.54, 1.807) is 11.1 Å². The van der Waals surface area contributed by atoms with Gasteiger partial charge in [-0.3, -0.25) is 18.7 Å². The van der Waals surface area contributed by atoms with Crippen LogP contribution in [0.25, 0.3) is 11.0 Å². The molecule has 26 heavy (non-hydrogen) atoms. The van der Waals surface area contributed by atoms with E-state index in [9.17, 15) is 14.4 Å². The molecule has 0 N–H and O–H groups in total. The fourth-order valence-corrected chi connectivity index (χ4v) is 3.24. The highest BCUT2D eigenvalue weighted by molar-refractivity contribution is 5.92. The second-order valence-electron chi connectivity index (χ2n) is 6.39. The maximum Gasteiger partial charge on any atom is 0.331 e. The molecule has 0 atom stereocenters. The van der Waals surface area contributed by atoms with E-state index in [1.165, 1.54) is 24.7 Å². The summed E-state index contributed by atoms with van der Waals surface area (Å²) in [5.41, 5.74) is 1.67. The van der Waals surface area contributed by atoms with E-state index < -0.39 is 11.2 Å². The summed E-state index contributed by atoms with van der Waals surface area (Å²) < 4.78 is 2.19. The third kappa shape index (κ3) is 2.50. The number of fused-ring (bicyclic) bond motifs is 2. The van der Waals surface area contributed by atoms with Gasteiger partial charge >= 0.3 is 5.69 Å². The molecule has 1 aliphatic rings. The van der Waals surface area contributed by atoms with Crippen molar-refractivity contribution >= 4 is 16.9 Å². The van der Waals surface area contributed by atoms with Gasteiger partial charge in [0.25, 0.3) is 11.5 Å².